The highest BCUT2D eigenvalue weighted by Gasteiger charge is 2.31. The molecule has 120 valence electrons. The minimum absolute atomic E-state index is 0.0662. The number of nitrogens with zero attached hydrogens (tertiary/aromatic N) is 1. The molecule has 0 saturated heterocycles. The first kappa shape index (κ1) is 18.2. The number of amides is 1. The van der Waals surface area contributed by atoms with Gasteiger partial charge in [0, 0.05) is 11.5 Å². The van der Waals surface area contributed by atoms with Crippen LogP contribution in [0.3, 0.4) is 0 Å². The van der Waals surface area contributed by atoms with Crippen molar-refractivity contribution in [1.29, 1.82) is 5.26 Å². The Hall–Kier alpha value is -1.86. The van der Waals surface area contributed by atoms with Gasteiger partial charge in [-0.3, -0.25) is 4.79 Å². The third kappa shape index (κ3) is 4.85. The van der Waals surface area contributed by atoms with Crippen LogP contribution in [0.1, 0.15) is 46.2 Å². The monoisotopic (exact) mass is 302 g/mol. The summed E-state index contributed by atoms with van der Waals surface area (Å²) in [7, 11) is 0. The molecule has 0 spiro atoms. The molecular formula is C18H28N3O+. The molecule has 0 unspecified atom stereocenters. The van der Waals surface area contributed by atoms with Gasteiger partial charge in [0.25, 0.3) is 5.91 Å². The lowest BCUT2D eigenvalue weighted by Crippen LogP contribution is -2.88. The molecule has 0 radical (unpaired) electrons. The average Bonchev–Trinajstić information content (AvgIpc) is 2.47. The van der Waals surface area contributed by atoms with Gasteiger partial charge in [-0.05, 0) is 12.8 Å². The molecular weight excluding hydrogens is 274 g/mol. The van der Waals surface area contributed by atoms with E-state index in [-0.39, 0.29) is 17.9 Å². The Labute approximate surface area is 133 Å². The average molecular weight is 302 g/mol. The number of benzene rings is 1. The van der Waals surface area contributed by atoms with E-state index in [2.05, 4.69) is 37.4 Å². The van der Waals surface area contributed by atoms with E-state index in [4.69, 9.17) is 0 Å². The van der Waals surface area contributed by atoms with Crippen molar-refractivity contribution in [3.05, 3.63) is 35.9 Å². The second-order valence-corrected chi connectivity index (χ2v) is 6.64. The summed E-state index contributed by atoms with van der Waals surface area (Å²) < 4.78 is 0. The molecule has 3 N–H and O–H groups in total. The predicted octanol–water partition coefficient (Wildman–Crippen LogP) is 2.00. The van der Waals surface area contributed by atoms with Crippen LogP contribution in [-0.4, -0.2) is 18.0 Å². The molecule has 4 heteroatoms. The highest BCUT2D eigenvalue weighted by Crippen LogP contribution is 2.17. The van der Waals surface area contributed by atoms with E-state index in [0.717, 1.165) is 0 Å². The predicted molar refractivity (Wildman–Crippen MR) is 87.8 cm³/mol. The number of nitrogens with one attached hydrogen (secondary N) is 1. The van der Waals surface area contributed by atoms with E-state index >= 15 is 0 Å². The number of nitriles is 1. The molecule has 1 aromatic carbocycles. The maximum Gasteiger partial charge on any atom is 0.276 e. The van der Waals surface area contributed by atoms with Gasteiger partial charge >= 0.3 is 0 Å². The largest absolute Gasteiger partial charge is 0.333 e. The van der Waals surface area contributed by atoms with E-state index in [1.54, 1.807) is 6.92 Å². The van der Waals surface area contributed by atoms with Crippen molar-refractivity contribution in [2.75, 3.05) is 6.54 Å². The van der Waals surface area contributed by atoms with Crippen LogP contribution in [-0.2, 0) is 4.79 Å². The van der Waals surface area contributed by atoms with Crippen molar-refractivity contribution in [3.63, 3.8) is 0 Å². The Balaban J connectivity index is 2.67. The van der Waals surface area contributed by atoms with Gasteiger partial charge in [-0.2, -0.15) is 5.26 Å². The topological polar surface area (TPSA) is 69.5 Å². The molecule has 0 aliphatic heterocycles. The van der Waals surface area contributed by atoms with Crippen LogP contribution in [0.5, 0.6) is 0 Å². The number of nitrogens with two attached hydrogens (primary N) is 1. The summed E-state index contributed by atoms with van der Waals surface area (Å²) in [6.07, 6.45) is 0. The maximum absolute atomic E-state index is 12.2. The number of carbonyl (C=O) groups is 1. The van der Waals surface area contributed by atoms with Gasteiger partial charge < -0.3 is 10.6 Å². The molecule has 1 amide bonds. The fourth-order valence-corrected chi connectivity index (χ4v) is 2.34. The lowest BCUT2D eigenvalue weighted by atomic mass is 9.90. The second kappa shape index (κ2) is 7.95. The zero-order valence-corrected chi connectivity index (χ0v) is 14.3. The van der Waals surface area contributed by atoms with E-state index in [9.17, 15) is 10.1 Å². The van der Waals surface area contributed by atoms with E-state index in [1.165, 1.54) is 5.56 Å². The zero-order chi connectivity index (χ0) is 16.8. The third-order valence-electron chi connectivity index (χ3n) is 4.25. The summed E-state index contributed by atoms with van der Waals surface area (Å²) in [5, 5.41) is 14.2. The van der Waals surface area contributed by atoms with Gasteiger partial charge in [0.15, 0.2) is 6.54 Å². The molecule has 0 bridgehead atoms. The molecule has 1 rings (SSSR count). The molecule has 0 fully saturated rings. The highest BCUT2D eigenvalue weighted by atomic mass is 16.2. The van der Waals surface area contributed by atoms with Gasteiger partial charge in [-0.15, -0.1) is 0 Å². The molecule has 0 aliphatic rings. The van der Waals surface area contributed by atoms with Crippen LogP contribution in [0.25, 0.3) is 0 Å². The summed E-state index contributed by atoms with van der Waals surface area (Å²) in [4.78, 5) is 12.2. The smallest absolute Gasteiger partial charge is 0.276 e. The summed E-state index contributed by atoms with van der Waals surface area (Å²) in [5.74, 6) is 0.387. The van der Waals surface area contributed by atoms with Crippen LogP contribution in [0.15, 0.2) is 30.3 Å². The minimum Gasteiger partial charge on any atom is -0.333 e. The van der Waals surface area contributed by atoms with Gasteiger partial charge in [-0.25, -0.2) is 0 Å². The fourth-order valence-electron chi connectivity index (χ4n) is 2.34. The number of hydrogen-bond acceptors (Lipinski definition) is 2. The first-order chi connectivity index (χ1) is 10.3. The van der Waals surface area contributed by atoms with Crippen molar-refractivity contribution >= 4 is 5.91 Å². The van der Waals surface area contributed by atoms with Crippen LogP contribution in [0.4, 0.5) is 0 Å². The van der Waals surface area contributed by atoms with Gasteiger partial charge in [0.2, 0.25) is 0 Å². The van der Waals surface area contributed by atoms with Gasteiger partial charge in [0.1, 0.15) is 11.6 Å². The van der Waals surface area contributed by atoms with Gasteiger partial charge in [0.05, 0.1) is 6.07 Å². The Bertz CT molecular complexity index is 519. The number of rotatable bonds is 7. The van der Waals surface area contributed by atoms with Gasteiger partial charge in [-0.1, -0.05) is 58.0 Å². The van der Waals surface area contributed by atoms with Crippen LogP contribution < -0.4 is 10.6 Å². The number of carbonyl (C=O) groups excluding carboxylic acids is 1. The second-order valence-electron chi connectivity index (χ2n) is 6.64. The molecule has 1 aromatic rings. The molecule has 2 atom stereocenters. The van der Waals surface area contributed by atoms with Crippen LogP contribution in [0, 0.1) is 23.2 Å². The molecule has 0 aliphatic carbocycles. The Morgan fingerprint density at radius 1 is 1.27 bits per heavy atom. The van der Waals surface area contributed by atoms with Crippen molar-refractivity contribution in [2.45, 2.75) is 46.2 Å². The Kier molecular flexibility index (Phi) is 6.58. The minimum atomic E-state index is -0.814. The lowest BCUT2D eigenvalue weighted by Gasteiger charge is -2.27. The SMILES string of the molecule is CC(C)[C@@H]([NH2+]CC(=O)N[C@](C)(C#N)C(C)C)c1ccccc1. The summed E-state index contributed by atoms with van der Waals surface area (Å²) in [5.41, 5.74) is 0.405. The van der Waals surface area contributed by atoms with E-state index in [0.29, 0.717) is 12.5 Å². The Morgan fingerprint density at radius 2 is 1.86 bits per heavy atom. The third-order valence-corrected chi connectivity index (χ3v) is 4.25. The van der Waals surface area contributed by atoms with Crippen LogP contribution >= 0.6 is 0 Å². The molecule has 22 heavy (non-hydrogen) atoms. The molecule has 0 saturated carbocycles. The first-order valence-corrected chi connectivity index (χ1v) is 7.90. The van der Waals surface area contributed by atoms with Crippen molar-refractivity contribution in [1.82, 2.24) is 5.32 Å². The summed E-state index contributed by atoms with van der Waals surface area (Å²) >= 11 is 0. The van der Waals surface area contributed by atoms with Crippen LogP contribution in [0.2, 0.25) is 0 Å². The number of hydrogen-bond donors (Lipinski definition) is 2. The lowest BCUT2D eigenvalue weighted by molar-refractivity contribution is -0.692. The molecule has 0 heterocycles. The van der Waals surface area contributed by atoms with Crippen molar-refractivity contribution < 1.29 is 10.1 Å². The normalized spacial score (nSPS) is 15.2. The van der Waals surface area contributed by atoms with Crippen molar-refractivity contribution in [3.8, 4) is 6.07 Å². The van der Waals surface area contributed by atoms with E-state index < -0.39 is 5.54 Å². The highest BCUT2D eigenvalue weighted by molar-refractivity contribution is 5.78. The molecule has 4 nitrogen and oxygen atoms in total. The fraction of sp³-hybridized carbons (Fsp3) is 0.556. The van der Waals surface area contributed by atoms with Crippen molar-refractivity contribution in [2.24, 2.45) is 11.8 Å². The quantitative estimate of drug-likeness (QED) is 0.809. The zero-order valence-electron chi connectivity index (χ0n) is 14.3. The maximum atomic E-state index is 12.2. The number of quaternary nitrogens is 1. The summed E-state index contributed by atoms with van der Waals surface area (Å²) in [6.45, 7) is 10.3. The standard InChI is InChI=1S/C18H27N3O/c1-13(2)17(15-9-7-6-8-10-15)20-11-16(22)21-18(5,12-19)14(3)4/h6-10,13-14,17,20H,11H2,1-5H3,(H,21,22)/p+1/t17-,18-/m1/s1. The summed E-state index contributed by atoms with van der Waals surface area (Å²) in [6, 6.07) is 12.7. The Morgan fingerprint density at radius 3 is 2.32 bits per heavy atom. The first-order valence-electron chi connectivity index (χ1n) is 7.90. The van der Waals surface area contributed by atoms with E-state index in [1.807, 2.05) is 37.4 Å². The molecule has 0 aromatic heterocycles.